The normalized spacial score (nSPS) is 15.1. The first-order valence-electron chi connectivity index (χ1n) is 10.2. The van der Waals surface area contributed by atoms with E-state index in [2.05, 4.69) is 16.8 Å². The molecule has 0 radical (unpaired) electrons. The van der Waals surface area contributed by atoms with Crippen LogP contribution in [-0.2, 0) is 13.2 Å². The van der Waals surface area contributed by atoms with Gasteiger partial charge in [-0.2, -0.15) is 0 Å². The zero-order valence-electron chi connectivity index (χ0n) is 17.5. The van der Waals surface area contributed by atoms with E-state index in [-0.39, 0.29) is 0 Å². The molecule has 0 amide bonds. The van der Waals surface area contributed by atoms with E-state index in [0.29, 0.717) is 29.9 Å². The van der Waals surface area contributed by atoms with Crippen LogP contribution in [0.5, 0.6) is 17.2 Å². The minimum absolute atomic E-state index is 0.467. The molecular formula is C24H32N2O3. The summed E-state index contributed by atoms with van der Waals surface area (Å²) >= 11 is 0. The number of hydrogen-bond donors (Lipinski definition) is 1. The van der Waals surface area contributed by atoms with Gasteiger partial charge in [0.1, 0.15) is 6.61 Å². The molecule has 29 heavy (non-hydrogen) atoms. The Kier molecular flexibility index (Phi) is 7.96. The second kappa shape index (κ2) is 10.9. The van der Waals surface area contributed by atoms with Crippen molar-refractivity contribution in [1.29, 1.82) is 0 Å². The fourth-order valence-corrected chi connectivity index (χ4v) is 3.67. The first kappa shape index (κ1) is 21.2. The van der Waals surface area contributed by atoms with Gasteiger partial charge in [-0.15, -0.1) is 6.58 Å². The Bertz CT molecular complexity index is 746. The molecule has 0 aliphatic carbocycles. The first-order valence-corrected chi connectivity index (χ1v) is 10.2. The molecule has 1 heterocycles. The van der Waals surface area contributed by atoms with E-state index >= 15 is 0 Å². The van der Waals surface area contributed by atoms with E-state index in [1.165, 1.54) is 0 Å². The van der Waals surface area contributed by atoms with Crippen LogP contribution in [0.1, 0.15) is 24.0 Å². The van der Waals surface area contributed by atoms with Gasteiger partial charge in [-0.3, -0.25) is 4.90 Å². The summed E-state index contributed by atoms with van der Waals surface area (Å²) in [6, 6.07) is 14.7. The lowest BCUT2D eigenvalue weighted by Gasteiger charge is -2.31. The quantitative estimate of drug-likeness (QED) is 0.615. The Morgan fingerprint density at radius 2 is 1.69 bits per heavy atom. The van der Waals surface area contributed by atoms with Gasteiger partial charge in [-0.25, -0.2) is 0 Å². The summed E-state index contributed by atoms with van der Waals surface area (Å²) in [7, 11) is 3.33. The number of nitrogens with one attached hydrogen (secondary N) is 1. The monoisotopic (exact) mass is 396 g/mol. The van der Waals surface area contributed by atoms with Crippen molar-refractivity contribution in [1.82, 2.24) is 10.2 Å². The van der Waals surface area contributed by atoms with Gasteiger partial charge in [-0.1, -0.05) is 36.4 Å². The van der Waals surface area contributed by atoms with Crippen molar-refractivity contribution in [3.8, 4) is 17.2 Å². The maximum atomic E-state index is 6.04. The summed E-state index contributed by atoms with van der Waals surface area (Å²) in [6.45, 7) is 8.28. The average Bonchev–Trinajstić information content (AvgIpc) is 2.77. The fourth-order valence-electron chi connectivity index (χ4n) is 3.67. The average molecular weight is 397 g/mol. The van der Waals surface area contributed by atoms with Crippen LogP contribution in [0.4, 0.5) is 0 Å². The third kappa shape index (κ3) is 5.99. The largest absolute Gasteiger partial charge is 0.493 e. The molecule has 5 heteroatoms. The fraction of sp³-hybridized carbons (Fsp3) is 0.417. The third-order valence-corrected chi connectivity index (χ3v) is 5.32. The molecule has 0 saturated carbocycles. The third-order valence-electron chi connectivity index (χ3n) is 5.32. The zero-order valence-corrected chi connectivity index (χ0v) is 17.5. The van der Waals surface area contributed by atoms with E-state index in [9.17, 15) is 0 Å². The van der Waals surface area contributed by atoms with Crippen molar-refractivity contribution in [2.24, 2.45) is 0 Å². The second-order valence-electron chi connectivity index (χ2n) is 7.35. The van der Waals surface area contributed by atoms with Gasteiger partial charge in [0.25, 0.3) is 0 Å². The molecule has 1 saturated heterocycles. The van der Waals surface area contributed by atoms with Gasteiger partial charge in [0.15, 0.2) is 11.5 Å². The number of piperidine rings is 1. The topological polar surface area (TPSA) is 43.0 Å². The molecule has 1 aliphatic rings. The van der Waals surface area contributed by atoms with E-state index in [1.807, 2.05) is 48.5 Å². The molecule has 5 nitrogen and oxygen atoms in total. The molecule has 1 fully saturated rings. The Morgan fingerprint density at radius 3 is 2.28 bits per heavy atom. The number of methoxy groups -OCH3 is 2. The Morgan fingerprint density at radius 1 is 1.03 bits per heavy atom. The number of likely N-dealkylation sites (tertiary alicyclic amines) is 1. The van der Waals surface area contributed by atoms with Crippen LogP contribution in [0.3, 0.4) is 0 Å². The van der Waals surface area contributed by atoms with Gasteiger partial charge >= 0.3 is 0 Å². The lowest BCUT2D eigenvalue weighted by Crippen LogP contribution is -2.42. The molecule has 0 spiro atoms. The number of rotatable bonds is 10. The van der Waals surface area contributed by atoms with Crippen molar-refractivity contribution in [3.05, 3.63) is 66.2 Å². The minimum Gasteiger partial charge on any atom is -0.493 e. The van der Waals surface area contributed by atoms with Crippen LogP contribution in [-0.4, -0.2) is 44.8 Å². The number of benzene rings is 2. The van der Waals surface area contributed by atoms with Crippen molar-refractivity contribution in [2.75, 3.05) is 33.9 Å². The van der Waals surface area contributed by atoms with Gasteiger partial charge < -0.3 is 19.5 Å². The van der Waals surface area contributed by atoms with Crippen LogP contribution < -0.4 is 19.5 Å². The number of ether oxygens (including phenoxy) is 3. The highest BCUT2D eigenvalue weighted by molar-refractivity contribution is 5.54. The molecule has 0 bridgehead atoms. The van der Waals surface area contributed by atoms with Crippen molar-refractivity contribution >= 4 is 0 Å². The SMILES string of the molecule is C=CCN1CCC(NCc2cc(OC)c(OCc3ccccc3)c(OC)c2)CC1. The molecule has 0 aromatic heterocycles. The minimum atomic E-state index is 0.467. The lowest BCUT2D eigenvalue weighted by atomic mass is 10.0. The van der Waals surface area contributed by atoms with Crippen molar-refractivity contribution < 1.29 is 14.2 Å². The Labute approximate surface area is 174 Å². The van der Waals surface area contributed by atoms with Crippen molar-refractivity contribution in [2.45, 2.75) is 32.0 Å². The molecule has 0 atom stereocenters. The highest BCUT2D eigenvalue weighted by Gasteiger charge is 2.19. The lowest BCUT2D eigenvalue weighted by molar-refractivity contribution is 0.214. The first-order chi connectivity index (χ1) is 14.2. The van der Waals surface area contributed by atoms with Crippen LogP contribution in [0, 0.1) is 0 Å². The van der Waals surface area contributed by atoms with Gasteiger partial charge in [0.2, 0.25) is 5.75 Å². The maximum Gasteiger partial charge on any atom is 0.203 e. The molecule has 0 unspecified atom stereocenters. The van der Waals surface area contributed by atoms with Gasteiger partial charge in [-0.05, 0) is 49.2 Å². The van der Waals surface area contributed by atoms with Crippen molar-refractivity contribution in [3.63, 3.8) is 0 Å². The smallest absolute Gasteiger partial charge is 0.203 e. The van der Waals surface area contributed by atoms with Gasteiger partial charge in [0, 0.05) is 19.1 Å². The Balaban J connectivity index is 1.62. The number of nitrogens with zero attached hydrogens (tertiary/aromatic N) is 1. The van der Waals surface area contributed by atoms with E-state index in [1.54, 1.807) is 14.2 Å². The molecule has 2 aromatic rings. The van der Waals surface area contributed by atoms with Gasteiger partial charge in [0.05, 0.1) is 14.2 Å². The summed E-state index contributed by atoms with van der Waals surface area (Å²) in [4.78, 5) is 2.44. The van der Waals surface area contributed by atoms with Crippen LogP contribution in [0.15, 0.2) is 55.1 Å². The number of hydrogen-bond acceptors (Lipinski definition) is 5. The predicted octanol–water partition coefficient (Wildman–Crippen LogP) is 4.02. The highest BCUT2D eigenvalue weighted by atomic mass is 16.5. The summed E-state index contributed by atoms with van der Waals surface area (Å²) in [5, 5.41) is 3.68. The standard InChI is InChI=1S/C24H32N2O3/c1-4-12-26-13-10-21(11-14-26)25-17-20-15-22(27-2)24(23(16-20)28-3)29-18-19-8-6-5-7-9-19/h4-9,15-16,21,25H,1,10-14,17-18H2,2-3H3. The summed E-state index contributed by atoms with van der Waals surface area (Å²) < 4.78 is 17.2. The molecule has 1 aliphatic heterocycles. The van der Waals surface area contributed by atoms with E-state index in [0.717, 1.165) is 50.1 Å². The second-order valence-corrected chi connectivity index (χ2v) is 7.35. The molecular weight excluding hydrogens is 364 g/mol. The molecule has 156 valence electrons. The van der Waals surface area contributed by atoms with Crippen LogP contribution >= 0.6 is 0 Å². The molecule has 3 rings (SSSR count). The highest BCUT2D eigenvalue weighted by Crippen LogP contribution is 2.39. The zero-order chi connectivity index (χ0) is 20.5. The maximum absolute atomic E-state index is 6.04. The summed E-state index contributed by atoms with van der Waals surface area (Å²) in [5.74, 6) is 2.02. The predicted molar refractivity (Wildman–Crippen MR) is 117 cm³/mol. The van der Waals surface area contributed by atoms with E-state index < -0.39 is 0 Å². The van der Waals surface area contributed by atoms with Crippen LogP contribution in [0.2, 0.25) is 0 Å². The molecule has 2 aromatic carbocycles. The van der Waals surface area contributed by atoms with E-state index in [4.69, 9.17) is 14.2 Å². The summed E-state index contributed by atoms with van der Waals surface area (Å²) in [6.07, 6.45) is 4.29. The molecule has 1 N–H and O–H groups in total. The van der Waals surface area contributed by atoms with Crippen LogP contribution in [0.25, 0.3) is 0 Å². The summed E-state index contributed by atoms with van der Waals surface area (Å²) in [5.41, 5.74) is 2.23. The Hall–Kier alpha value is -2.50.